The number of ether oxygens (including phenoxy) is 1. The number of benzene rings is 1. The fourth-order valence-electron chi connectivity index (χ4n) is 1.53. The highest BCUT2D eigenvalue weighted by atomic mass is 32.2. The average molecular weight is 286 g/mol. The Morgan fingerprint density at radius 3 is 2.63 bits per heavy atom. The molecule has 0 fully saturated rings. The molecular formula is C12H18N2O4S. The number of hydrogen-bond acceptors (Lipinski definition) is 5. The monoisotopic (exact) mass is 286 g/mol. The van der Waals surface area contributed by atoms with Gasteiger partial charge in [-0.1, -0.05) is 13.3 Å². The highest BCUT2D eigenvalue weighted by molar-refractivity contribution is 7.89. The molecule has 6 nitrogen and oxygen atoms in total. The summed E-state index contributed by atoms with van der Waals surface area (Å²) < 4.78 is 27.2. The number of anilines is 1. The van der Waals surface area contributed by atoms with Crippen molar-refractivity contribution in [3.63, 3.8) is 0 Å². The van der Waals surface area contributed by atoms with Crippen LogP contribution in [0.2, 0.25) is 0 Å². The molecule has 0 aromatic heterocycles. The molecule has 0 unspecified atom stereocenters. The molecule has 0 aliphatic carbocycles. The van der Waals surface area contributed by atoms with E-state index in [1.165, 1.54) is 25.3 Å². The molecule has 1 rings (SSSR count). The number of nitrogens with one attached hydrogen (secondary N) is 1. The molecule has 0 bridgehead atoms. The number of carbonyl (C=O) groups excluding carboxylic acids is 1. The van der Waals surface area contributed by atoms with Crippen LogP contribution in [-0.2, 0) is 14.8 Å². The van der Waals surface area contributed by atoms with E-state index in [0.29, 0.717) is 12.2 Å². The first-order chi connectivity index (χ1) is 8.90. The third-order valence-electron chi connectivity index (χ3n) is 2.57. The van der Waals surface area contributed by atoms with Crippen molar-refractivity contribution in [1.82, 2.24) is 0 Å². The molecule has 1 aromatic rings. The highest BCUT2D eigenvalue weighted by Gasteiger charge is 2.16. The van der Waals surface area contributed by atoms with Crippen LogP contribution in [-0.4, -0.2) is 28.0 Å². The molecular weight excluding hydrogens is 268 g/mol. The van der Waals surface area contributed by atoms with E-state index in [4.69, 9.17) is 5.14 Å². The molecule has 7 heteroatoms. The second-order valence-electron chi connectivity index (χ2n) is 4.02. The molecule has 106 valence electrons. The zero-order valence-electron chi connectivity index (χ0n) is 11.0. The molecule has 0 aliphatic rings. The quantitative estimate of drug-likeness (QED) is 0.607. The molecule has 0 spiro atoms. The number of methoxy groups -OCH3 is 1. The summed E-state index contributed by atoms with van der Waals surface area (Å²) >= 11 is 0. The minimum Gasteiger partial charge on any atom is -0.465 e. The van der Waals surface area contributed by atoms with Crippen LogP contribution >= 0.6 is 0 Å². The van der Waals surface area contributed by atoms with Crippen LogP contribution in [0.5, 0.6) is 0 Å². The van der Waals surface area contributed by atoms with Gasteiger partial charge in [-0.15, -0.1) is 0 Å². The summed E-state index contributed by atoms with van der Waals surface area (Å²) in [4.78, 5) is 11.5. The molecule has 0 radical (unpaired) electrons. The van der Waals surface area contributed by atoms with Crippen molar-refractivity contribution in [2.75, 3.05) is 19.0 Å². The number of esters is 1. The van der Waals surface area contributed by atoms with Crippen molar-refractivity contribution < 1.29 is 17.9 Å². The number of nitrogens with two attached hydrogens (primary N) is 1. The topological polar surface area (TPSA) is 98.5 Å². The first-order valence-electron chi connectivity index (χ1n) is 5.89. The predicted molar refractivity (Wildman–Crippen MR) is 72.6 cm³/mol. The number of unbranched alkanes of at least 4 members (excludes halogenated alkanes) is 1. The lowest BCUT2D eigenvalue weighted by Gasteiger charge is -2.11. The van der Waals surface area contributed by atoms with Gasteiger partial charge in [0.25, 0.3) is 0 Å². The number of carbonyl (C=O) groups is 1. The summed E-state index contributed by atoms with van der Waals surface area (Å²) in [7, 11) is -2.61. The van der Waals surface area contributed by atoms with E-state index in [1.807, 2.05) is 6.92 Å². The van der Waals surface area contributed by atoms with E-state index in [0.717, 1.165) is 12.8 Å². The van der Waals surface area contributed by atoms with E-state index >= 15 is 0 Å². The predicted octanol–water partition coefficient (Wildman–Crippen LogP) is 1.33. The Bertz CT molecular complexity index is 555. The Hall–Kier alpha value is -1.60. The first-order valence-corrected chi connectivity index (χ1v) is 7.43. The second kappa shape index (κ2) is 6.53. The van der Waals surface area contributed by atoms with Crippen LogP contribution < -0.4 is 10.5 Å². The van der Waals surface area contributed by atoms with Crippen molar-refractivity contribution in [1.29, 1.82) is 0 Å². The maximum absolute atomic E-state index is 11.6. The third kappa shape index (κ3) is 4.22. The molecule has 3 N–H and O–H groups in total. The van der Waals surface area contributed by atoms with Gasteiger partial charge in [0.15, 0.2) is 0 Å². The Morgan fingerprint density at radius 2 is 2.11 bits per heavy atom. The lowest BCUT2D eigenvalue weighted by atomic mass is 10.1. The molecule has 0 saturated heterocycles. The summed E-state index contributed by atoms with van der Waals surface area (Å²) in [5.74, 6) is -0.607. The molecule has 19 heavy (non-hydrogen) atoms. The Morgan fingerprint density at radius 1 is 1.42 bits per heavy atom. The van der Waals surface area contributed by atoms with E-state index in [-0.39, 0.29) is 10.5 Å². The average Bonchev–Trinajstić information content (AvgIpc) is 2.37. The van der Waals surface area contributed by atoms with Crippen molar-refractivity contribution >= 4 is 21.7 Å². The molecule has 0 heterocycles. The van der Waals surface area contributed by atoms with E-state index in [2.05, 4.69) is 10.1 Å². The summed E-state index contributed by atoms with van der Waals surface area (Å²) in [6.07, 6.45) is 1.95. The lowest BCUT2D eigenvalue weighted by molar-refractivity contribution is 0.0601. The van der Waals surface area contributed by atoms with Crippen molar-refractivity contribution in [3.05, 3.63) is 23.8 Å². The van der Waals surface area contributed by atoms with Gasteiger partial charge in [0.2, 0.25) is 10.0 Å². The second-order valence-corrected chi connectivity index (χ2v) is 5.59. The largest absolute Gasteiger partial charge is 0.465 e. The van der Waals surface area contributed by atoms with Gasteiger partial charge in [0.05, 0.1) is 17.6 Å². The van der Waals surface area contributed by atoms with Crippen molar-refractivity contribution in [2.24, 2.45) is 5.14 Å². The fraction of sp³-hybridized carbons (Fsp3) is 0.417. The van der Waals surface area contributed by atoms with Crippen LogP contribution in [0.25, 0.3) is 0 Å². The summed E-state index contributed by atoms with van der Waals surface area (Å²) in [6.45, 7) is 2.74. The molecule has 0 amide bonds. The van der Waals surface area contributed by atoms with Crippen LogP contribution in [0.4, 0.5) is 5.69 Å². The molecule has 0 saturated carbocycles. The Balaban J connectivity index is 3.14. The maximum Gasteiger partial charge on any atom is 0.340 e. The molecule has 1 aromatic carbocycles. The van der Waals surface area contributed by atoms with Crippen molar-refractivity contribution in [3.8, 4) is 0 Å². The van der Waals surface area contributed by atoms with Crippen LogP contribution in [0.15, 0.2) is 23.1 Å². The summed E-state index contributed by atoms with van der Waals surface area (Å²) in [5.41, 5.74) is 0.692. The normalized spacial score (nSPS) is 11.1. The highest BCUT2D eigenvalue weighted by Crippen LogP contribution is 2.21. The zero-order chi connectivity index (χ0) is 14.5. The number of rotatable bonds is 6. The van der Waals surface area contributed by atoms with Gasteiger partial charge >= 0.3 is 5.97 Å². The van der Waals surface area contributed by atoms with E-state index < -0.39 is 16.0 Å². The summed E-state index contributed by atoms with van der Waals surface area (Å²) in [6, 6.07) is 4.09. The van der Waals surface area contributed by atoms with Crippen LogP contribution in [0.1, 0.15) is 30.1 Å². The first kappa shape index (κ1) is 15.5. The Kier molecular flexibility index (Phi) is 5.31. The third-order valence-corrected chi connectivity index (χ3v) is 3.48. The van der Waals surface area contributed by atoms with Crippen LogP contribution in [0.3, 0.4) is 0 Å². The van der Waals surface area contributed by atoms with Crippen LogP contribution in [0, 0.1) is 0 Å². The lowest BCUT2D eigenvalue weighted by Crippen LogP contribution is -2.15. The van der Waals surface area contributed by atoms with Gasteiger partial charge in [-0.2, -0.15) is 0 Å². The van der Waals surface area contributed by atoms with E-state index in [1.54, 1.807) is 0 Å². The zero-order valence-corrected chi connectivity index (χ0v) is 11.8. The molecule has 0 aliphatic heterocycles. The van der Waals surface area contributed by atoms with Gasteiger partial charge in [0.1, 0.15) is 0 Å². The maximum atomic E-state index is 11.6. The van der Waals surface area contributed by atoms with Gasteiger partial charge in [-0.3, -0.25) is 0 Å². The SMILES string of the molecule is CCCCNc1ccc(S(N)(=O)=O)cc1C(=O)OC. The van der Waals surface area contributed by atoms with Gasteiger partial charge in [-0.05, 0) is 24.6 Å². The van der Waals surface area contributed by atoms with E-state index in [9.17, 15) is 13.2 Å². The summed E-state index contributed by atoms with van der Waals surface area (Å²) in [5, 5.41) is 8.11. The smallest absolute Gasteiger partial charge is 0.340 e. The van der Waals surface area contributed by atoms with Gasteiger partial charge in [-0.25, -0.2) is 18.4 Å². The number of sulfonamides is 1. The van der Waals surface area contributed by atoms with Crippen molar-refractivity contribution in [2.45, 2.75) is 24.7 Å². The van der Waals surface area contributed by atoms with Gasteiger partial charge in [0, 0.05) is 12.2 Å². The number of primary sulfonamides is 1. The number of hydrogen-bond donors (Lipinski definition) is 2. The standard InChI is InChI=1S/C12H18N2O4S/c1-3-4-7-14-11-6-5-9(19(13,16)17)8-10(11)12(15)18-2/h5-6,8,14H,3-4,7H2,1-2H3,(H2,13,16,17). The minimum atomic E-state index is -3.84. The van der Waals surface area contributed by atoms with Gasteiger partial charge < -0.3 is 10.1 Å². The minimum absolute atomic E-state index is 0.117. The Labute approximate surface area is 113 Å². The fourth-order valence-corrected chi connectivity index (χ4v) is 2.07. The molecule has 0 atom stereocenters.